The molecule has 18 heavy (non-hydrogen) atoms. The van der Waals surface area contributed by atoms with Crippen molar-refractivity contribution in [3.05, 3.63) is 23.3 Å². The summed E-state index contributed by atoms with van der Waals surface area (Å²) in [6.07, 6.45) is 6.85. The molecule has 0 unspecified atom stereocenters. The van der Waals surface area contributed by atoms with Gasteiger partial charge in [0.25, 0.3) is 0 Å². The van der Waals surface area contributed by atoms with Crippen molar-refractivity contribution in [2.45, 2.75) is 33.1 Å². The van der Waals surface area contributed by atoms with Crippen molar-refractivity contribution in [1.29, 1.82) is 0 Å². The second-order valence-electron chi connectivity index (χ2n) is 6.27. The predicted octanol–water partition coefficient (Wildman–Crippen LogP) is 2.38. The average Bonchev–Trinajstić information content (AvgIpc) is 2.99. The van der Waals surface area contributed by atoms with Gasteiger partial charge >= 0.3 is 11.9 Å². The van der Waals surface area contributed by atoms with Crippen LogP contribution in [0.3, 0.4) is 0 Å². The molecule has 4 rings (SSSR count). The topological polar surface area (TPSA) is 43.4 Å². The summed E-state index contributed by atoms with van der Waals surface area (Å²) >= 11 is 0. The standard InChI is InChI=1S/C15H16O3/c1-8(2)11-9-4-5-10(11)15-7-3-6-14(9,15)12(16)18-13(15)17/h4-5,9-10H,3,6-7H2,1-2H3/t9-,10+,14+,15-. The number of carbonyl (C=O) groups excluding carboxylic acids is 2. The van der Waals surface area contributed by atoms with Crippen LogP contribution >= 0.6 is 0 Å². The normalized spacial score (nSPS) is 47.6. The first-order valence-corrected chi connectivity index (χ1v) is 6.68. The van der Waals surface area contributed by atoms with Gasteiger partial charge in [0.05, 0.1) is 10.8 Å². The average molecular weight is 244 g/mol. The van der Waals surface area contributed by atoms with E-state index in [0.717, 1.165) is 19.3 Å². The van der Waals surface area contributed by atoms with Gasteiger partial charge in [-0.05, 0) is 26.7 Å². The number of ether oxygens (including phenoxy) is 1. The third-order valence-corrected chi connectivity index (χ3v) is 5.66. The maximum atomic E-state index is 12.3. The summed E-state index contributed by atoms with van der Waals surface area (Å²) in [6, 6.07) is 0. The second kappa shape index (κ2) is 2.79. The monoisotopic (exact) mass is 244 g/mol. The minimum Gasteiger partial charge on any atom is -0.392 e. The van der Waals surface area contributed by atoms with Crippen LogP contribution in [-0.4, -0.2) is 11.9 Å². The van der Waals surface area contributed by atoms with Gasteiger partial charge in [0.15, 0.2) is 0 Å². The number of allylic oxidation sites excluding steroid dienone is 4. The number of cyclic esters (lactones) is 2. The zero-order valence-corrected chi connectivity index (χ0v) is 10.7. The molecule has 94 valence electrons. The lowest BCUT2D eigenvalue weighted by Crippen LogP contribution is -2.43. The first-order valence-electron chi connectivity index (χ1n) is 6.68. The zero-order valence-electron chi connectivity index (χ0n) is 10.7. The lowest BCUT2D eigenvalue weighted by atomic mass is 9.61. The van der Waals surface area contributed by atoms with Gasteiger partial charge in [-0.25, -0.2) is 0 Å². The fraction of sp³-hybridized carbons (Fsp3) is 0.600. The Bertz CT molecular complexity index is 512. The molecule has 1 aliphatic heterocycles. The molecule has 3 heteroatoms. The van der Waals surface area contributed by atoms with Gasteiger partial charge in [-0.15, -0.1) is 0 Å². The van der Waals surface area contributed by atoms with Gasteiger partial charge in [0, 0.05) is 11.8 Å². The zero-order chi connectivity index (χ0) is 12.7. The molecule has 1 saturated heterocycles. The van der Waals surface area contributed by atoms with Crippen LogP contribution < -0.4 is 0 Å². The highest BCUT2D eigenvalue weighted by Crippen LogP contribution is 2.76. The summed E-state index contributed by atoms with van der Waals surface area (Å²) in [6.45, 7) is 4.17. The maximum absolute atomic E-state index is 12.3. The van der Waals surface area contributed by atoms with Crippen LogP contribution in [0, 0.1) is 22.7 Å². The largest absolute Gasteiger partial charge is 0.392 e. The van der Waals surface area contributed by atoms with E-state index in [1.165, 1.54) is 11.1 Å². The molecular formula is C15H16O3. The van der Waals surface area contributed by atoms with Gasteiger partial charge in [-0.2, -0.15) is 0 Å². The Hall–Kier alpha value is -1.38. The fourth-order valence-corrected chi connectivity index (χ4v) is 5.15. The number of carbonyl (C=O) groups is 2. The quantitative estimate of drug-likeness (QED) is 0.373. The van der Waals surface area contributed by atoms with Crippen LogP contribution in [0.5, 0.6) is 0 Å². The van der Waals surface area contributed by atoms with E-state index in [-0.39, 0.29) is 23.8 Å². The SMILES string of the molecule is CC(C)=C1[C@H]2C=C[C@@H]1[C@@]13CCC[C@@]21C(=O)OC3=O. The smallest absolute Gasteiger partial charge is 0.321 e. The Morgan fingerprint density at radius 3 is 2.06 bits per heavy atom. The van der Waals surface area contributed by atoms with E-state index in [1.54, 1.807) is 0 Å². The summed E-state index contributed by atoms with van der Waals surface area (Å²) in [5.41, 5.74) is 1.44. The molecule has 1 heterocycles. The van der Waals surface area contributed by atoms with Crippen LogP contribution in [0.15, 0.2) is 23.3 Å². The summed E-state index contributed by atoms with van der Waals surface area (Å²) in [4.78, 5) is 24.6. The van der Waals surface area contributed by atoms with Gasteiger partial charge in [0.2, 0.25) is 0 Å². The van der Waals surface area contributed by atoms with Crippen molar-refractivity contribution < 1.29 is 14.3 Å². The minimum absolute atomic E-state index is 0.106. The Balaban J connectivity index is 2.06. The summed E-state index contributed by atoms with van der Waals surface area (Å²) in [7, 11) is 0. The molecule has 2 saturated carbocycles. The lowest BCUT2D eigenvalue weighted by molar-refractivity contribution is -0.157. The van der Waals surface area contributed by atoms with Gasteiger partial charge in [-0.3, -0.25) is 9.59 Å². The first kappa shape index (κ1) is 10.5. The van der Waals surface area contributed by atoms with Crippen molar-refractivity contribution in [3.8, 4) is 0 Å². The number of hydrogen-bond donors (Lipinski definition) is 0. The number of hydrogen-bond acceptors (Lipinski definition) is 3. The van der Waals surface area contributed by atoms with Gasteiger partial charge in [-0.1, -0.05) is 29.7 Å². The van der Waals surface area contributed by atoms with Crippen LogP contribution in [0.1, 0.15) is 33.1 Å². The molecule has 0 N–H and O–H groups in total. The van der Waals surface area contributed by atoms with E-state index < -0.39 is 10.8 Å². The van der Waals surface area contributed by atoms with Crippen molar-refractivity contribution in [2.75, 3.05) is 0 Å². The van der Waals surface area contributed by atoms with E-state index in [4.69, 9.17) is 4.74 Å². The highest BCUT2D eigenvalue weighted by molar-refractivity contribution is 6.05. The second-order valence-corrected chi connectivity index (χ2v) is 6.27. The van der Waals surface area contributed by atoms with E-state index >= 15 is 0 Å². The van der Waals surface area contributed by atoms with Crippen molar-refractivity contribution in [2.24, 2.45) is 22.7 Å². The maximum Gasteiger partial charge on any atom is 0.321 e. The molecule has 0 amide bonds. The van der Waals surface area contributed by atoms with Crippen LogP contribution in [0.25, 0.3) is 0 Å². The van der Waals surface area contributed by atoms with Gasteiger partial charge in [0.1, 0.15) is 0 Å². The first-order chi connectivity index (χ1) is 8.55. The molecule has 4 aliphatic rings. The number of fused-ring (bicyclic) bond motifs is 2. The van der Waals surface area contributed by atoms with E-state index in [1.807, 2.05) is 0 Å². The Labute approximate surface area is 106 Å². The van der Waals surface area contributed by atoms with E-state index in [2.05, 4.69) is 26.0 Å². The lowest BCUT2D eigenvalue weighted by Gasteiger charge is -2.34. The number of rotatable bonds is 0. The van der Waals surface area contributed by atoms with E-state index in [9.17, 15) is 9.59 Å². The summed E-state index contributed by atoms with van der Waals surface area (Å²) in [5.74, 6) is -0.316. The van der Waals surface area contributed by atoms with Crippen LogP contribution in [0.4, 0.5) is 0 Å². The molecule has 0 spiro atoms. The molecular weight excluding hydrogens is 228 g/mol. The summed E-state index contributed by atoms with van der Waals surface area (Å²) in [5, 5.41) is 0. The molecule has 3 aliphatic carbocycles. The van der Waals surface area contributed by atoms with Gasteiger partial charge < -0.3 is 4.74 Å². The number of esters is 2. The van der Waals surface area contributed by atoms with E-state index in [0.29, 0.717) is 0 Å². The molecule has 4 atom stereocenters. The Morgan fingerprint density at radius 1 is 1.11 bits per heavy atom. The molecule has 3 fully saturated rings. The molecule has 0 aromatic carbocycles. The summed E-state index contributed by atoms with van der Waals surface area (Å²) < 4.78 is 5.05. The molecule has 2 bridgehead atoms. The van der Waals surface area contributed by atoms with Crippen LogP contribution in [-0.2, 0) is 14.3 Å². The fourth-order valence-electron chi connectivity index (χ4n) is 5.15. The van der Waals surface area contributed by atoms with Crippen molar-refractivity contribution in [3.63, 3.8) is 0 Å². The third kappa shape index (κ3) is 0.738. The molecule has 0 aromatic rings. The minimum atomic E-state index is -0.559. The highest BCUT2D eigenvalue weighted by atomic mass is 16.6. The van der Waals surface area contributed by atoms with Crippen LogP contribution in [0.2, 0.25) is 0 Å². The molecule has 0 radical (unpaired) electrons. The molecule has 0 aromatic heterocycles. The third-order valence-electron chi connectivity index (χ3n) is 5.66. The van der Waals surface area contributed by atoms with Crippen molar-refractivity contribution >= 4 is 11.9 Å². The Kier molecular flexibility index (Phi) is 1.63. The molecule has 3 nitrogen and oxygen atoms in total. The Morgan fingerprint density at radius 2 is 1.61 bits per heavy atom. The van der Waals surface area contributed by atoms with Crippen molar-refractivity contribution in [1.82, 2.24) is 0 Å². The predicted molar refractivity (Wildman–Crippen MR) is 64.3 cm³/mol. The highest BCUT2D eigenvalue weighted by Gasteiger charge is 2.81.